The van der Waals surface area contributed by atoms with Crippen molar-refractivity contribution in [2.45, 2.75) is 33.0 Å². The van der Waals surface area contributed by atoms with Crippen LogP contribution in [0.2, 0.25) is 0 Å². The Balaban J connectivity index is 1.45. The molecule has 1 aromatic heterocycles. The van der Waals surface area contributed by atoms with Crippen molar-refractivity contribution >= 4 is 11.8 Å². The molecule has 2 amide bonds. The molecule has 6 heteroatoms. The molecule has 1 saturated heterocycles. The summed E-state index contributed by atoms with van der Waals surface area (Å²) in [5, 5.41) is 4.11. The summed E-state index contributed by atoms with van der Waals surface area (Å²) in [6.45, 7) is 4.51. The molecule has 0 N–H and O–H groups in total. The lowest BCUT2D eigenvalue weighted by atomic mass is 10.1. The summed E-state index contributed by atoms with van der Waals surface area (Å²) in [5.74, 6) is 0.401. The third kappa shape index (κ3) is 4.06. The van der Waals surface area contributed by atoms with Gasteiger partial charge in [-0.2, -0.15) is 0 Å². The zero-order valence-electron chi connectivity index (χ0n) is 16.5. The number of nitrogens with zero attached hydrogens (tertiary/aromatic N) is 3. The van der Waals surface area contributed by atoms with Crippen LogP contribution in [0.1, 0.15) is 23.8 Å². The lowest BCUT2D eigenvalue weighted by molar-refractivity contribution is -0.156. The number of benzene rings is 2. The summed E-state index contributed by atoms with van der Waals surface area (Å²) in [6, 6.07) is 19.0. The molecule has 2 heterocycles. The Labute approximate surface area is 169 Å². The number of aromatic nitrogens is 1. The Kier molecular flexibility index (Phi) is 5.16. The van der Waals surface area contributed by atoms with E-state index in [1.165, 1.54) is 5.56 Å². The van der Waals surface area contributed by atoms with Gasteiger partial charge in [0.15, 0.2) is 5.76 Å². The zero-order valence-corrected chi connectivity index (χ0v) is 16.5. The average Bonchev–Trinajstić information content (AvgIpc) is 3.19. The number of carbonyl (C=O) groups is 2. The molecule has 4 rings (SSSR count). The van der Waals surface area contributed by atoms with E-state index in [9.17, 15) is 9.59 Å². The van der Waals surface area contributed by atoms with Crippen LogP contribution in [0.4, 0.5) is 0 Å². The van der Waals surface area contributed by atoms with E-state index < -0.39 is 6.04 Å². The minimum atomic E-state index is -0.548. The molecule has 1 atom stereocenters. The van der Waals surface area contributed by atoms with E-state index in [1.807, 2.05) is 67.6 Å². The van der Waals surface area contributed by atoms with E-state index in [-0.39, 0.29) is 24.9 Å². The van der Waals surface area contributed by atoms with Gasteiger partial charge in [-0.1, -0.05) is 65.3 Å². The van der Waals surface area contributed by atoms with Crippen molar-refractivity contribution in [2.75, 3.05) is 6.54 Å². The molecule has 3 aromatic rings. The highest BCUT2D eigenvalue weighted by molar-refractivity contribution is 5.94. The van der Waals surface area contributed by atoms with Crippen LogP contribution in [0.3, 0.4) is 0 Å². The van der Waals surface area contributed by atoms with Crippen LogP contribution in [0.5, 0.6) is 0 Å². The second-order valence-corrected chi connectivity index (χ2v) is 7.42. The number of rotatable bonds is 5. The van der Waals surface area contributed by atoms with E-state index in [2.05, 4.69) is 5.16 Å². The number of piperazine rings is 1. The summed E-state index contributed by atoms with van der Waals surface area (Å²) in [7, 11) is 0. The standard InChI is InChI=1S/C23H23N3O3/c1-16-8-10-19(11-9-16)21-12-20(29-24-21)14-26-17(2)23(28)25(15-22(26)27)13-18-6-4-3-5-7-18/h3-12,17H,13-15H2,1-2H3/t17-/m1/s1. The summed E-state index contributed by atoms with van der Waals surface area (Å²) in [4.78, 5) is 28.7. The molecular formula is C23H23N3O3. The first kappa shape index (κ1) is 18.9. The molecule has 1 aliphatic heterocycles. The normalized spacial score (nSPS) is 17.1. The molecule has 0 saturated carbocycles. The monoisotopic (exact) mass is 389 g/mol. The lowest BCUT2D eigenvalue weighted by Gasteiger charge is -2.38. The molecule has 148 valence electrons. The Morgan fingerprint density at radius 3 is 2.48 bits per heavy atom. The number of hydrogen-bond donors (Lipinski definition) is 0. The van der Waals surface area contributed by atoms with Crippen molar-refractivity contribution in [2.24, 2.45) is 0 Å². The molecule has 0 aliphatic carbocycles. The van der Waals surface area contributed by atoms with Crippen LogP contribution < -0.4 is 0 Å². The summed E-state index contributed by atoms with van der Waals surface area (Å²) in [6.07, 6.45) is 0. The smallest absolute Gasteiger partial charge is 0.245 e. The van der Waals surface area contributed by atoms with Crippen LogP contribution in [0.15, 0.2) is 65.2 Å². The quantitative estimate of drug-likeness (QED) is 0.671. The topological polar surface area (TPSA) is 66.7 Å². The van der Waals surface area contributed by atoms with Gasteiger partial charge in [-0.05, 0) is 19.4 Å². The van der Waals surface area contributed by atoms with Crippen molar-refractivity contribution < 1.29 is 14.1 Å². The third-order valence-electron chi connectivity index (χ3n) is 5.23. The minimum Gasteiger partial charge on any atom is -0.359 e. The predicted octanol–water partition coefficient (Wildman–Crippen LogP) is 3.41. The first-order chi connectivity index (χ1) is 14.0. The van der Waals surface area contributed by atoms with Gasteiger partial charge < -0.3 is 14.3 Å². The number of amides is 2. The van der Waals surface area contributed by atoms with Gasteiger partial charge in [0.1, 0.15) is 18.3 Å². The van der Waals surface area contributed by atoms with Crippen molar-refractivity contribution in [3.8, 4) is 11.3 Å². The molecule has 2 aromatic carbocycles. The molecule has 0 bridgehead atoms. The van der Waals surface area contributed by atoms with Crippen LogP contribution in [0, 0.1) is 6.92 Å². The maximum atomic E-state index is 12.8. The Morgan fingerprint density at radius 2 is 1.76 bits per heavy atom. The van der Waals surface area contributed by atoms with Gasteiger partial charge in [-0.25, -0.2) is 0 Å². The highest BCUT2D eigenvalue weighted by Gasteiger charge is 2.37. The lowest BCUT2D eigenvalue weighted by Crippen LogP contribution is -2.57. The van der Waals surface area contributed by atoms with Crippen molar-refractivity contribution in [3.63, 3.8) is 0 Å². The van der Waals surface area contributed by atoms with Gasteiger partial charge in [-0.3, -0.25) is 9.59 Å². The molecule has 1 fully saturated rings. The van der Waals surface area contributed by atoms with Crippen LogP contribution in [-0.2, 0) is 22.7 Å². The van der Waals surface area contributed by atoms with Crippen LogP contribution in [0.25, 0.3) is 11.3 Å². The number of carbonyl (C=O) groups excluding carboxylic acids is 2. The number of aryl methyl sites for hydroxylation is 1. The first-order valence-corrected chi connectivity index (χ1v) is 9.66. The summed E-state index contributed by atoms with van der Waals surface area (Å²) >= 11 is 0. The highest BCUT2D eigenvalue weighted by Crippen LogP contribution is 2.23. The van der Waals surface area contributed by atoms with E-state index >= 15 is 0 Å². The third-order valence-corrected chi connectivity index (χ3v) is 5.23. The van der Waals surface area contributed by atoms with E-state index in [1.54, 1.807) is 16.7 Å². The summed E-state index contributed by atoms with van der Waals surface area (Å²) in [5.41, 5.74) is 3.85. The van der Waals surface area contributed by atoms with Gasteiger partial charge >= 0.3 is 0 Å². The second kappa shape index (κ2) is 7.91. The average molecular weight is 389 g/mol. The SMILES string of the molecule is Cc1ccc(-c2cc(CN3C(=O)CN(Cc4ccccc4)C(=O)[C@H]3C)on2)cc1. The van der Waals surface area contributed by atoms with Gasteiger partial charge in [0.05, 0.1) is 6.54 Å². The maximum Gasteiger partial charge on any atom is 0.245 e. The largest absolute Gasteiger partial charge is 0.359 e. The van der Waals surface area contributed by atoms with E-state index in [0.29, 0.717) is 18.0 Å². The van der Waals surface area contributed by atoms with Crippen molar-refractivity contribution in [1.29, 1.82) is 0 Å². The molecular weight excluding hydrogens is 366 g/mol. The van der Waals surface area contributed by atoms with Crippen LogP contribution in [-0.4, -0.2) is 39.4 Å². The molecule has 29 heavy (non-hydrogen) atoms. The van der Waals surface area contributed by atoms with Gasteiger partial charge in [-0.15, -0.1) is 0 Å². The van der Waals surface area contributed by atoms with Gasteiger partial charge in [0.2, 0.25) is 11.8 Å². The molecule has 0 unspecified atom stereocenters. The van der Waals surface area contributed by atoms with Crippen molar-refractivity contribution in [1.82, 2.24) is 15.0 Å². The molecule has 0 spiro atoms. The fourth-order valence-electron chi connectivity index (χ4n) is 3.52. The Hall–Kier alpha value is -3.41. The van der Waals surface area contributed by atoms with Crippen molar-refractivity contribution in [3.05, 3.63) is 77.6 Å². The second-order valence-electron chi connectivity index (χ2n) is 7.42. The Bertz CT molecular complexity index is 1010. The predicted molar refractivity (Wildman–Crippen MR) is 109 cm³/mol. The van der Waals surface area contributed by atoms with Gasteiger partial charge in [0, 0.05) is 18.2 Å². The number of hydrogen-bond acceptors (Lipinski definition) is 4. The fraction of sp³-hybridized carbons (Fsp3) is 0.261. The van der Waals surface area contributed by atoms with E-state index in [0.717, 1.165) is 11.1 Å². The molecule has 0 radical (unpaired) electrons. The van der Waals surface area contributed by atoms with Crippen LogP contribution >= 0.6 is 0 Å². The molecule has 6 nitrogen and oxygen atoms in total. The minimum absolute atomic E-state index is 0.0632. The van der Waals surface area contributed by atoms with Gasteiger partial charge in [0.25, 0.3) is 0 Å². The Morgan fingerprint density at radius 1 is 1.03 bits per heavy atom. The highest BCUT2D eigenvalue weighted by atomic mass is 16.5. The molecule has 1 aliphatic rings. The van der Waals surface area contributed by atoms with E-state index in [4.69, 9.17) is 4.52 Å². The first-order valence-electron chi connectivity index (χ1n) is 9.66. The maximum absolute atomic E-state index is 12.8. The fourth-order valence-corrected chi connectivity index (χ4v) is 3.52. The zero-order chi connectivity index (χ0) is 20.4. The summed E-state index contributed by atoms with van der Waals surface area (Å²) < 4.78 is 5.44.